The maximum Gasteiger partial charge on any atom is 0.319 e. The van der Waals surface area contributed by atoms with E-state index in [0.717, 1.165) is 0 Å². The second kappa shape index (κ2) is 7.52. The quantitative estimate of drug-likeness (QED) is 0.874. The fourth-order valence-corrected chi connectivity index (χ4v) is 1.66. The van der Waals surface area contributed by atoms with E-state index in [1.165, 1.54) is 12.0 Å². The summed E-state index contributed by atoms with van der Waals surface area (Å²) in [6.07, 6.45) is 0. The van der Waals surface area contributed by atoms with E-state index < -0.39 is 0 Å². The maximum absolute atomic E-state index is 12.0. The van der Waals surface area contributed by atoms with Gasteiger partial charge in [0, 0.05) is 26.2 Å². The zero-order valence-electron chi connectivity index (χ0n) is 13.2. The Labute approximate surface area is 125 Å². The van der Waals surface area contributed by atoms with Crippen molar-refractivity contribution in [2.24, 2.45) is 5.92 Å². The Morgan fingerprint density at radius 3 is 2.48 bits per heavy atom. The largest absolute Gasteiger partial charge is 0.495 e. The predicted octanol–water partition coefficient (Wildman–Crippen LogP) is 2.17. The van der Waals surface area contributed by atoms with Gasteiger partial charge in [0.1, 0.15) is 5.75 Å². The number of urea groups is 1. The van der Waals surface area contributed by atoms with Gasteiger partial charge in [-0.3, -0.25) is 4.79 Å². The number of amides is 3. The number of carbonyl (C=O) groups excluding carboxylic acids is 2. The molecule has 1 aromatic rings. The third kappa shape index (κ3) is 4.98. The Balaban J connectivity index is 2.90. The van der Waals surface area contributed by atoms with Crippen LogP contribution in [0.1, 0.15) is 24.2 Å². The van der Waals surface area contributed by atoms with Gasteiger partial charge in [0.15, 0.2) is 0 Å². The standard InChI is InChI=1S/C15H23N3O3/c1-10(2)9-16-15(20)17-12-8-11(14(19)18(3)4)6-7-13(12)21-5/h6-8,10H,9H2,1-5H3,(H2,16,17,20). The second-order valence-electron chi connectivity index (χ2n) is 5.34. The molecule has 0 fully saturated rings. The molecule has 0 radical (unpaired) electrons. The molecule has 1 rings (SSSR count). The van der Waals surface area contributed by atoms with Crippen LogP contribution >= 0.6 is 0 Å². The van der Waals surface area contributed by atoms with Gasteiger partial charge in [-0.25, -0.2) is 4.79 Å². The first-order valence-corrected chi connectivity index (χ1v) is 6.79. The summed E-state index contributed by atoms with van der Waals surface area (Å²) >= 11 is 0. The summed E-state index contributed by atoms with van der Waals surface area (Å²) < 4.78 is 5.20. The summed E-state index contributed by atoms with van der Waals surface area (Å²) in [6, 6.07) is 4.61. The average Bonchev–Trinajstić information content (AvgIpc) is 2.44. The minimum Gasteiger partial charge on any atom is -0.495 e. The molecule has 0 saturated carbocycles. The van der Waals surface area contributed by atoms with E-state index in [1.54, 1.807) is 32.3 Å². The topological polar surface area (TPSA) is 70.7 Å². The number of carbonyl (C=O) groups is 2. The van der Waals surface area contributed by atoms with E-state index in [2.05, 4.69) is 10.6 Å². The average molecular weight is 293 g/mol. The normalized spacial score (nSPS) is 10.2. The van der Waals surface area contributed by atoms with Crippen molar-refractivity contribution in [2.45, 2.75) is 13.8 Å². The van der Waals surface area contributed by atoms with Gasteiger partial charge in [0.2, 0.25) is 0 Å². The molecular formula is C15H23N3O3. The van der Waals surface area contributed by atoms with Crippen LogP contribution in [-0.4, -0.2) is 44.6 Å². The van der Waals surface area contributed by atoms with E-state index in [0.29, 0.717) is 29.5 Å². The molecule has 0 heterocycles. The zero-order valence-corrected chi connectivity index (χ0v) is 13.2. The molecule has 6 heteroatoms. The Bertz CT molecular complexity index is 513. The Morgan fingerprint density at radius 1 is 1.29 bits per heavy atom. The van der Waals surface area contributed by atoms with Crippen molar-refractivity contribution in [2.75, 3.05) is 33.1 Å². The molecule has 0 aliphatic heterocycles. The SMILES string of the molecule is COc1ccc(C(=O)N(C)C)cc1NC(=O)NCC(C)C. The molecule has 116 valence electrons. The highest BCUT2D eigenvalue weighted by molar-refractivity contribution is 5.97. The van der Waals surface area contributed by atoms with Crippen LogP contribution in [0, 0.1) is 5.92 Å². The van der Waals surface area contributed by atoms with Crippen molar-refractivity contribution in [1.29, 1.82) is 0 Å². The highest BCUT2D eigenvalue weighted by Crippen LogP contribution is 2.25. The third-order valence-corrected chi connectivity index (χ3v) is 2.77. The smallest absolute Gasteiger partial charge is 0.319 e. The molecule has 0 unspecified atom stereocenters. The highest BCUT2D eigenvalue weighted by atomic mass is 16.5. The number of hydrogen-bond acceptors (Lipinski definition) is 3. The molecule has 0 bridgehead atoms. The van der Waals surface area contributed by atoms with Crippen LogP contribution in [0.2, 0.25) is 0 Å². The summed E-state index contributed by atoms with van der Waals surface area (Å²) in [5.74, 6) is 0.729. The van der Waals surface area contributed by atoms with Gasteiger partial charge in [-0.05, 0) is 24.1 Å². The molecule has 0 aromatic heterocycles. The van der Waals surface area contributed by atoms with Gasteiger partial charge in [0.25, 0.3) is 5.91 Å². The Kier molecular flexibility index (Phi) is 6.02. The number of nitrogens with one attached hydrogen (secondary N) is 2. The predicted molar refractivity (Wildman–Crippen MR) is 82.9 cm³/mol. The minimum absolute atomic E-state index is 0.136. The van der Waals surface area contributed by atoms with Crippen LogP contribution in [0.15, 0.2) is 18.2 Å². The lowest BCUT2D eigenvalue weighted by Crippen LogP contribution is -2.32. The first-order chi connectivity index (χ1) is 9.85. The van der Waals surface area contributed by atoms with Crippen LogP contribution in [0.25, 0.3) is 0 Å². The first-order valence-electron chi connectivity index (χ1n) is 6.79. The zero-order chi connectivity index (χ0) is 16.0. The van der Waals surface area contributed by atoms with Crippen LogP contribution in [0.4, 0.5) is 10.5 Å². The summed E-state index contributed by atoms with van der Waals surface area (Å²) in [6.45, 7) is 4.60. The Hall–Kier alpha value is -2.24. The molecule has 0 aliphatic carbocycles. The molecule has 1 aromatic carbocycles. The van der Waals surface area contributed by atoms with Gasteiger partial charge in [-0.15, -0.1) is 0 Å². The fourth-order valence-electron chi connectivity index (χ4n) is 1.66. The van der Waals surface area contributed by atoms with Crippen LogP contribution in [0.3, 0.4) is 0 Å². The van der Waals surface area contributed by atoms with Crippen LogP contribution in [0.5, 0.6) is 5.75 Å². The molecule has 21 heavy (non-hydrogen) atoms. The molecule has 0 aliphatic rings. The molecule has 2 N–H and O–H groups in total. The van der Waals surface area contributed by atoms with Crippen LogP contribution in [-0.2, 0) is 0 Å². The van der Waals surface area contributed by atoms with Crippen molar-refractivity contribution in [3.05, 3.63) is 23.8 Å². The number of hydrogen-bond donors (Lipinski definition) is 2. The van der Waals surface area contributed by atoms with Crippen molar-refractivity contribution in [3.63, 3.8) is 0 Å². The Morgan fingerprint density at radius 2 is 1.95 bits per heavy atom. The molecule has 0 spiro atoms. The van der Waals surface area contributed by atoms with Crippen molar-refractivity contribution < 1.29 is 14.3 Å². The fraction of sp³-hybridized carbons (Fsp3) is 0.467. The van der Waals surface area contributed by atoms with Gasteiger partial charge in [0.05, 0.1) is 12.8 Å². The van der Waals surface area contributed by atoms with Gasteiger partial charge >= 0.3 is 6.03 Å². The number of rotatable bonds is 5. The van der Waals surface area contributed by atoms with Gasteiger partial charge in [-0.2, -0.15) is 0 Å². The van der Waals surface area contributed by atoms with Crippen molar-refractivity contribution in [3.8, 4) is 5.75 Å². The van der Waals surface area contributed by atoms with Gasteiger partial charge in [-0.1, -0.05) is 13.8 Å². The molecule has 0 atom stereocenters. The summed E-state index contributed by atoms with van der Waals surface area (Å²) in [7, 11) is 4.87. The monoisotopic (exact) mass is 293 g/mol. The van der Waals surface area contributed by atoms with Gasteiger partial charge < -0.3 is 20.3 Å². The number of anilines is 1. The summed E-state index contributed by atoms with van der Waals surface area (Å²) in [5.41, 5.74) is 0.950. The lowest BCUT2D eigenvalue weighted by atomic mass is 10.1. The maximum atomic E-state index is 12.0. The van der Waals surface area contributed by atoms with E-state index in [-0.39, 0.29) is 11.9 Å². The lowest BCUT2D eigenvalue weighted by Gasteiger charge is -2.15. The second-order valence-corrected chi connectivity index (χ2v) is 5.34. The van der Waals surface area contributed by atoms with Crippen molar-refractivity contribution in [1.82, 2.24) is 10.2 Å². The number of benzene rings is 1. The van der Waals surface area contributed by atoms with E-state index in [1.807, 2.05) is 13.8 Å². The lowest BCUT2D eigenvalue weighted by molar-refractivity contribution is 0.0827. The number of methoxy groups -OCH3 is 1. The number of nitrogens with zero attached hydrogens (tertiary/aromatic N) is 1. The molecule has 0 saturated heterocycles. The van der Waals surface area contributed by atoms with E-state index in [9.17, 15) is 9.59 Å². The molecule has 3 amide bonds. The van der Waals surface area contributed by atoms with E-state index in [4.69, 9.17) is 4.74 Å². The number of ether oxygens (including phenoxy) is 1. The van der Waals surface area contributed by atoms with E-state index >= 15 is 0 Å². The third-order valence-electron chi connectivity index (χ3n) is 2.77. The van der Waals surface area contributed by atoms with Crippen LogP contribution < -0.4 is 15.4 Å². The highest BCUT2D eigenvalue weighted by Gasteiger charge is 2.13. The van der Waals surface area contributed by atoms with Crippen molar-refractivity contribution >= 4 is 17.6 Å². The minimum atomic E-state index is -0.323. The molecular weight excluding hydrogens is 270 g/mol. The molecule has 6 nitrogen and oxygen atoms in total. The summed E-state index contributed by atoms with van der Waals surface area (Å²) in [5, 5.41) is 5.46. The summed E-state index contributed by atoms with van der Waals surface area (Å²) in [4.78, 5) is 25.3. The first kappa shape index (κ1) is 16.8.